The van der Waals surface area contributed by atoms with Crippen LogP contribution in [-0.4, -0.2) is 10.2 Å². The average molecular weight is 192 g/mol. The van der Waals surface area contributed by atoms with Crippen LogP contribution in [-0.2, 0) is 0 Å². The third-order valence-electron chi connectivity index (χ3n) is 1.54. The molecule has 0 heterocycles. The van der Waals surface area contributed by atoms with Crippen molar-refractivity contribution < 1.29 is 14.9 Å². The monoisotopic (exact) mass is 192 g/mol. The zero-order valence-electron chi connectivity index (χ0n) is 7.90. The molecule has 0 spiro atoms. The van der Waals surface area contributed by atoms with E-state index >= 15 is 0 Å². The highest BCUT2D eigenvalue weighted by Crippen LogP contribution is 2.10. The molecule has 14 heavy (non-hydrogen) atoms. The fraction of sp³-hybridized carbons (Fsp3) is 0.182. The minimum Gasteiger partial charge on any atom is -0.504 e. The zero-order chi connectivity index (χ0) is 10.4. The van der Waals surface area contributed by atoms with Gasteiger partial charge in [-0.3, -0.25) is 0 Å². The second-order valence-electron chi connectivity index (χ2n) is 2.65. The summed E-state index contributed by atoms with van der Waals surface area (Å²) in [6.45, 7) is 1.75. The Morgan fingerprint density at radius 2 is 1.93 bits per heavy atom. The molecule has 0 bridgehead atoms. The summed E-state index contributed by atoms with van der Waals surface area (Å²) in [5.74, 6) is 0.0235. The average Bonchev–Trinajstić information content (AvgIpc) is 2.19. The van der Waals surface area contributed by atoms with E-state index < -0.39 is 5.95 Å². The lowest BCUT2D eigenvalue weighted by Crippen LogP contribution is -1.92. The fourth-order valence-electron chi connectivity index (χ4n) is 0.838. The number of rotatable bonds is 3. The number of ether oxygens (including phenoxy) is 1. The van der Waals surface area contributed by atoms with Gasteiger partial charge in [-0.15, -0.1) is 0 Å². The maximum Gasteiger partial charge on any atom is 0.334 e. The summed E-state index contributed by atoms with van der Waals surface area (Å²) >= 11 is 0. The Kier molecular flexibility index (Phi) is 3.65. The highest BCUT2D eigenvalue weighted by Gasteiger charge is 1.95. The van der Waals surface area contributed by atoms with Gasteiger partial charge in [0, 0.05) is 12.2 Å². The van der Waals surface area contributed by atoms with Gasteiger partial charge in [0.25, 0.3) is 0 Å². The van der Waals surface area contributed by atoms with Crippen LogP contribution in [0, 0.1) is 0 Å². The molecular weight excluding hydrogens is 180 g/mol. The van der Waals surface area contributed by atoms with Crippen molar-refractivity contribution in [3.63, 3.8) is 0 Å². The molecule has 0 aliphatic rings. The van der Waals surface area contributed by atoms with Gasteiger partial charge in [0.2, 0.25) is 0 Å². The summed E-state index contributed by atoms with van der Waals surface area (Å²) in [6.07, 6.45) is 0.405. The first-order valence-electron chi connectivity index (χ1n) is 4.33. The third-order valence-corrected chi connectivity index (χ3v) is 1.54. The number of hydrogen-bond acceptors (Lipinski definition) is 3. The van der Waals surface area contributed by atoms with Crippen LogP contribution in [0.25, 0.3) is 0 Å². The second-order valence-corrected chi connectivity index (χ2v) is 2.65. The summed E-state index contributed by atoms with van der Waals surface area (Å²) in [6, 6.07) is 8.80. The van der Waals surface area contributed by atoms with Crippen LogP contribution in [0.2, 0.25) is 0 Å². The summed E-state index contributed by atoms with van der Waals surface area (Å²) in [5, 5.41) is 18.3. The third kappa shape index (κ3) is 3.25. The van der Waals surface area contributed by atoms with Crippen LogP contribution >= 0.6 is 0 Å². The van der Waals surface area contributed by atoms with Crippen molar-refractivity contribution in [1.82, 2.24) is 0 Å². The standard InChI is InChI=1S/C11H12O3/c1-2-9(12)8-11(13)14-10-6-4-3-5-7-10/h3-7,12-13H,2H2,1H3. The smallest absolute Gasteiger partial charge is 0.334 e. The maximum absolute atomic E-state index is 9.21. The Hall–Kier alpha value is -1.86. The quantitative estimate of drug-likeness (QED) is 0.571. The van der Waals surface area contributed by atoms with Crippen molar-refractivity contribution in [2.45, 2.75) is 13.3 Å². The Balaban J connectivity index is 2.76. The lowest BCUT2D eigenvalue weighted by molar-refractivity contribution is 0.208. The SMILES string of the molecule is CCC(O)=C=C(O)Oc1ccccc1. The van der Waals surface area contributed by atoms with Crippen molar-refractivity contribution in [3.05, 3.63) is 47.8 Å². The molecule has 0 aliphatic carbocycles. The largest absolute Gasteiger partial charge is 0.504 e. The van der Waals surface area contributed by atoms with Crippen LogP contribution < -0.4 is 4.74 Å². The minimum atomic E-state index is -0.435. The lowest BCUT2D eigenvalue weighted by atomic mass is 10.3. The molecule has 0 aromatic heterocycles. The van der Waals surface area contributed by atoms with Crippen LogP contribution in [0.4, 0.5) is 0 Å². The van der Waals surface area contributed by atoms with Crippen molar-refractivity contribution in [2.24, 2.45) is 0 Å². The Morgan fingerprint density at radius 1 is 1.29 bits per heavy atom. The van der Waals surface area contributed by atoms with Gasteiger partial charge in [-0.1, -0.05) is 25.1 Å². The van der Waals surface area contributed by atoms with Crippen molar-refractivity contribution >= 4 is 0 Å². The summed E-state index contributed by atoms with van der Waals surface area (Å²) in [4.78, 5) is 0. The van der Waals surface area contributed by atoms with Gasteiger partial charge in [0.1, 0.15) is 11.5 Å². The van der Waals surface area contributed by atoms with Gasteiger partial charge >= 0.3 is 5.95 Å². The Morgan fingerprint density at radius 3 is 2.50 bits per heavy atom. The summed E-state index contributed by atoms with van der Waals surface area (Å²) < 4.78 is 4.97. The first kappa shape index (κ1) is 10.2. The predicted octanol–water partition coefficient (Wildman–Crippen LogP) is 2.92. The summed E-state index contributed by atoms with van der Waals surface area (Å²) in [5.41, 5.74) is 2.30. The topological polar surface area (TPSA) is 49.7 Å². The first-order valence-corrected chi connectivity index (χ1v) is 4.33. The number of para-hydroxylation sites is 1. The van der Waals surface area contributed by atoms with E-state index in [1.807, 2.05) is 6.07 Å². The van der Waals surface area contributed by atoms with E-state index in [-0.39, 0.29) is 5.76 Å². The Bertz CT molecular complexity index is 348. The molecule has 0 unspecified atom stereocenters. The molecule has 1 aromatic carbocycles. The number of aliphatic hydroxyl groups is 2. The molecule has 0 amide bonds. The molecule has 0 fully saturated rings. The molecule has 3 heteroatoms. The molecule has 3 nitrogen and oxygen atoms in total. The fourth-order valence-corrected chi connectivity index (χ4v) is 0.838. The first-order chi connectivity index (χ1) is 6.72. The van der Waals surface area contributed by atoms with Crippen molar-refractivity contribution in [1.29, 1.82) is 0 Å². The number of allylic oxidation sites excluding steroid dienone is 1. The van der Waals surface area contributed by atoms with Crippen molar-refractivity contribution in [3.8, 4) is 5.75 Å². The predicted molar refractivity (Wildman–Crippen MR) is 53.2 cm³/mol. The van der Waals surface area contributed by atoms with Gasteiger partial charge in [-0.25, -0.2) is 0 Å². The zero-order valence-corrected chi connectivity index (χ0v) is 7.90. The lowest BCUT2D eigenvalue weighted by Gasteiger charge is -2.00. The minimum absolute atomic E-state index is 0.0431. The number of benzene rings is 1. The molecule has 0 atom stereocenters. The van der Waals surface area contributed by atoms with Gasteiger partial charge in [0.05, 0.1) is 0 Å². The normalized spacial score (nSPS) is 8.93. The van der Waals surface area contributed by atoms with E-state index in [2.05, 4.69) is 5.73 Å². The van der Waals surface area contributed by atoms with Gasteiger partial charge in [-0.2, -0.15) is 0 Å². The van der Waals surface area contributed by atoms with E-state index in [1.54, 1.807) is 31.2 Å². The summed E-state index contributed by atoms with van der Waals surface area (Å²) in [7, 11) is 0. The molecular formula is C11H12O3. The number of aliphatic hydroxyl groups excluding tert-OH is 2. The van der Waals surface area contributed by atoms with Gasteiger partial charge in [0.15, 0.2) is 0 Å². The number of hydrogen-bond donors (Lipinski definition) is 2. The van der Waals surface area contributed by atoms with E-state index in [4.69, 9.17) is 9.84 Å². The molecule has 0 saturated carbocycles. The molecule has 0 radical (unpaired) electrons. The highest BCUT2D eigenvalue weighted by molar-refractivity contribution is 5.22. The molecule has 1 rings (SSSR count). The maximum atomic E-state index is 9.21. The van der Waals surface area contributed by atoms with Crippen LogP contribution in [0.15, 0.2) is 47.8 Å². The van der Waals surface area contributed by atoms with Gasteiger partial charge < -0.3 is 14.9 Å². The van der Waals surface area contributed by atoms with Crippen LogP contribution in [0.3, 0.4) is 0 Å². The molecule has 1 aromatic rings. The molecule has 74 valence electrons. The van der Waals surface area contributed by atoms with Crippen LogP contribution in [0.5, 0.6) is 5.75 Å². The van der Waals surface area contributed by atoms with E-state index in [0.29, 0.717) is 12.2 Å². The van der Waals surface area contributed by atoms with E-state index in [0.717, 1.165) is 0 Å². The van der Waals surface area contributed by atoms with Gasteiger partial charge in [-0.05, 0) is 12.1 Å². The molecule has 0 saturated heterocycles. The van der Waals surface area contributed by atoms with Crippen LogP contribution in [0.1, 0.15) is 13.3 Å². The second kappa shape index (κ2) is 5.00. The molecule has 2 N–H and O–H groups in total. The van der Waals surface area contributed by atoms with E-state index in [1.165, 1.54) is 0 Å². The van der Waals surface area contributed by atoms with Crippen molar-refractivity contribution in [2.75, 3.05) is 0 Å². The Labute approximate surface area is 82.6 Å². The van der Waals surface area contributed by atoms with E-state index in [9.17, 15) is 5.11 Å². The highest BCUT2D eigenvalue weighted by atomic mass is 16.6. The molecule has 0 aliphatic heterocycles.